The average molecular weight is 552 g/mol. The normalized spacial score (nSPS) is 17.8. The van der Waals surface area contributed by atoms with Crippen molar-refractivity contribution >= 4 is 16.8 Å². The number of hydrogen-bond acceptors (Lipinski definition) is 6. The van der Waals surface area contributed by atoms with Crippen molar-refractivity contribution in [2.45, 2.75) is 38.4 Å². The van der Waals surface area contributed by atoms with E-state index in [1.807, 2.05) is 12.1 Å². The lowest BCUT2D eigenvalue weighted by Gasteiger charge is -2.33. The number of ketones is 1. The number of carbonyl (C=O) groups is 1. The molecule has 2 fully saturated rings. The first-order valence-electron chi connectivity index (χ1n) is 14.9. The number of rotatable bonds is 9. The highest BCUT2D eigenvalue weighted by atomic mass is 16.3. The fraction of sp³-hybridized carbons (Fsp3) is 0.412. The molecule has 214 valence electrons. The summed E-state index contributed by atoms with van der Waals surface area (Å²) in [5.74, 6) is 0.294. The number of hydrogen-bond donors (Lipinski definition) is 1. The van der Waals surface area contributed by atoms with E-state index in [9.17, 15) is 4.79 Å². The van der Waals surface area contributed by atoms with Gasteiger partial charge in [0.05, 0.1) is 0 Å². The molecule has 7 heteroatoms. The van der Waals surface area contributed by atoms with Crippen LogP contribution in [0.5, 0.6) is 0 Å². The molecule has 4 heterocycles. The summed E-state index contributed by atoms with van der Waals surface area (Å²) in [6.45, 7) is 9.19. The van der Waals surface area contributed by atoms with Crippen molar-refractivity contribution in [2.75, 3.05) is 52.9 Å². The van der Waals surface area contributed by atoms with Crippen molar-refractivity contribution in [3.8, 4) is 0 Å². The van der Waals surface area contributed by atoms with Crippen LogP contribution in [0.15, 0.2) is 73.1 Å². The van der Waals surface area contributed by atoms with Gasteiger partial charge in [-0.05, 0) is 73.3 Å². The Morgan fingerprint density at radius 2 is 1.39 bits per heavy atom. The molecule has 0 amide bonds. The van der Waals surface area contributed by atoms with Crippen LogP contribution in [-0.2, 0) is 19.6 Å². The van der Waals surface area contributed by atoms with Gasteiger partial charge in [-0.15, -0.1) is 0 Å². The minimum absolute atomic E-state index is 0.256. The minimum Gasteiger partial charge on any atom is -0.388 e. The molecule has 2 aromatic heterocycles. The van der Waals surface area contributed by atoms with Crippen molar-refractivity contribution in [3.63, 3.8) is 0 Å². The number of pyridine rings is 1. The fourth-order valence-electron chi connectivity index (χ4n) is 6.23. The molecule has 4 aromatic rings. The Balaban J connectivity index is 1.01. The molecule has 41 heavy (non-hydrogen) atoms. The number of fused-ring (bicyclic) bond motifs is 1. The van der Waals surface area contributed by atoms with Crippen LogP contribution < -0.4 is 0 Å². The molecule has 2 aromatic carbocycles. The maximum Gasteiger partial charge on any atom is 0.188 e. The SMILES string of the molecule is CN1CCN(Cc2ccc(CN3CCC(c4cnc5c(ccn5Cc5ccc(C(=O)CO)cc5)c4)CC3)cc2)CC1. The fourth-order valence-corrected chi connectivity index (χ4v) is 6.23. The average Bonchev–Trinajstić information content (AvgIpc) is 3.41. The number of aliphatic hydroxyl groups is 1. The van der Waals surface area contributed by atoms with Crippen LogP contribution in [0.4, 0.5) is 0 Å². The standard InChI is InChI=1S/C34H41N5O2/c1-36-16-18-38(19-17-36)23-27-4-2-26(3-5-27)22-37-13-10-29(11-14-37)32-20-31-12-15-39(34(31)35-21-32)24-28-6-8-30(9-7-28)33(41)25-40/h2-9,12,15,20-21,29,40H,10-11,13-14,16-19,22-25H2,1H3. The number of likely N-dealkylation sites (tertiary alicyclic amines) is 1. The monoisotopic (exact) mass is 551 g/mol. The van der Waals surface area contributed by atoms with Crippen molar-refractivity contribution in [1.82, 2.24) is 24.3 Å². The van der Waals surface area contributed by atoms with Gasteiger partial charge in [-0.2, -0.15) is 0 Å². The van der Waals surface area contributed by atoms with E-state index in [0.717, 1.165) is 76.4 Å². The maximum atomic E-state index is 11.7. The number of nitrogens with zero attached hydrogens (tertiary/aromatic N) is 5. The third-order valence-corrected chi connectivity index (χ3v) is 8.89. The molecule has 7 nitrogen and oxygen atoms in total. The van der Waals surface area contributed by atoms with Gasteiger partial charge in [0.15, 0.2) is 5.78 Å². The van der Waals surface area contributed by atoms with Crippen LogP contribution in [0.3, 0.4) is 0 Å². The van der Waals surface area contributed by atoms with Crippen LogP contribution in [0.1, 0.15) is 51.4 Å². The van der Waals surface area contributed by atoms with Crippen LogP contribution in [0.2, 0.25) is 0 Å². The predicted molar refractivity (Wildman–Crippen MR) is 163 cm³/mol. The Morgan fingerprint density at radius 3 is 2.02 bits per heavy atom. The summed E-state index contributed by atoms with van der Waals surface area (Å²) in [7, 11) is 2.21. The Labute approximate surface area is 243 Å². The number of carbonyl (C=O) groups excluding carboxylic acids is 1. The lowest BCUT2D eigenvalue weighted by molar-refractivity contribution is 0.0903. The number of benzene rings is 2. The molecule has 6 rings (SSSR count). The molecule has 0 atom stereocenters. The van der Waals surface area contributed by atoms with Gasteiger partial charge in [0.1, 0.15) is 12.3 Å². The third kappa shape index (κ3) is 6.76. The summed E-state index contributed by atoms with van der Waals surface area (Å²) in [6.07, 6.45) is 6.48. The lowest BCUT2D eigenvalue weighted by atomic mass is 9.90. The van der Waals surface area contributed by atoms with Crippen LogP contribution in [0, 0.1) is 0 Å². The summed E-state index contributed by atoms with van der Waals surface area (Å²) in [5, 5.41) is 10.2. The first-order chi connectivity index (χ1) is 20.0. The highest BCUT2D eigenvalue weighted by molar-refractivity contribution is 5.96. The van der Waals surface area contributed by atoms with E-state index in [-0.39, 0.29) is 5.78 Å². The summed E-state index contributed by atoms with van der Waals surface area (Å²) in [4.78, 5) is 24.1. The number of Topliss-reactive ketones (excluding diaryl/α,β-unsaturated/α-hetero) is 1. The largest absolute Gasteiger partial charge is 0.388 e. The number of aromatic nitrogens is 2. The molecule has 2 aliphatic heterocycles. The van der Waals surface area contributed by atoms with Crippen LogP contribution in [0.25, 0.3) is 11.0 Å². The van der Waals surface area contributed by atoms with E-state index < -0.39 is 6.61 Å². The summed E-state index contributed by atoms with van der Waals surface area (Å²) in [6, 6.07) is 21.2. The summed E-state index contributed by atoms with van der Waals surface area (Å²) >= 11 is 0. The highest BCUT2D eigenvalue weighted by Gasteiger charge is 2.22. The Morgan fingerprint density at radius 1 is 0.805 bits per heavy atom. The minimum atomic E-state index is -0.460. The van der Waals surface area contributed by atoms with Gasteiger partial charge >= 0.3 is 0 Å². The van der Waals surface area contributed by atoms with Crippen molar-refractivity contribution < 1.29 is 9.90 Å². The summed E-state index contributed by atoms with van der Waals surface area (Å²) < 4.78 is 2.15. The molecule has 0 bridgehead atoms. The number of aliphatic hydroxyl groups excluding tert-OH is 1. The van der Waals surface area contributed by atoms with Gasteiger partial charge < -0.3 is 14.6 Å². The molecule has 2 saturated heterocycles. The predicted octanol–water partition coefficient (Wildman–Crippen LogP) is 4.39. The third-order valence-electron chi connectivity index (χ3n) is 8.89. The quantitative estimate of drug-likeness (QED) is 0.312. The Kier molecular flexibility index (Phi) is 8.58. The summed E-state index contributed by atoms with van der Waals surface area (Å²) in [5.41, 5.74) is 6.79. The van der Waals surface area contributed by atoms with E-state index in [4.69, 9.17) is 10.1 Å². The van der Waals surface area contributed by atoms with Crippen molar-refractivity contribution in [3.05, 3.63) is 101 Å². The van der Waals surface area contributed by atoms with E-state index >= 15 is 0 Å². The van der Waals surface area contributed by atoms with Gasteiger partial charge in [0, 0.05) is 69.2 Å². The molecule has 0 spiro atoms. The number of likely N-dealkylation sites (N-methyl/N-ethyl adjacent to an activating group) is 1. The number of piperazine rings is 1. The van der Waals surface area contributed by atoms with Gasteiger partial charge in [-0.1, -0.05) is 48.5 Å². The second-order valence-corrected chi connectivity index (χ2v) is 11.8. The van der Waals surface area contributed by atoms with E-state index in [0.29, 0.717) is 18.0 Å². The van der Waals surface area contributed by atoms with Crippen molar-refractivity contribution in [2.24, 2.45) is 0 Å². The molecular formula is C34H41N5O2. The van der Waals surface area contributed by atoms with Crippen LogP contribution >= 0.6 is 0 Å². The Bertz CT molecular complexity index is 1450. The van der Waals surface area contributed by atoms with Crippen LogP contribution in [-0.4, -0.2) is 88.1 Å². The highest BCUT2D eigenvalue weighted by Crippen LogP contribution is 2.30. The first kappa shape index (κ1) is 27.8. The maximum absolute atomic E-state index is 11.7. The van der Waals surface area contributed by atoms with E-state index in [1.165, 1.54) is 22.1 Å². The smallest absolute Gasteiger partial charge is 0.188 e. The topological polar surface area (TPSA) is 64.8 Å². The second kappa shape index (κ2) is 12.7. The molecule has 2 aliphatic rings. The number of piperidine rings is 1. The van der Waals surface area contributed by atoms with E-state index in [1.54, 1.807) is 12.1 Å². The Hall–Kier alpha value is -3.36. The lowest BCUT2D eigenvalue weighted by Crippen LogP contribution is -2.43. The molecule has 0 unspecified atom stereocenters. The first-order valence-corrected chi connectivity index (χ1v) is 14.9. The zero-order valence-electron chi connectivity index (χ0n) is 24.1. The van der Waals surface area contributed by atoms with Gasteiger partial charge in [0.25, 0.3) is 0 Å². The zero-order valence-corrected chi connectivity index (χ0v) is 24.1. The molecule has 1 N–H and O–H groups in total. The zero-order chi connectivity index (χ0) is 28.2. The second-order valence-electron chi connectivity index (χ2n) is 11.8. The van der Waals surface area contributed by atoms with Gasteiger partial charge in [-0.25, -0.2) is 4.98 Å². The molecule has 0 saturated carbocycles. The molecule has 0 aliphatic carbocycles. The molecule has 0 radical (unpaired) electrons. The van der Waals surface area contributed by atoms with E-state index in [2.05, 4.69) is 75.1 Å². The van der Waals surface area contributed by atoms with Crippen molar-refractivity contribution in [1.29, 1.82) is 0 Å². The van der Waals surface area contributed by atoms with Gasteiger partial charge in [-0.3, -0.25) is 14.6 Å². The van der Waals surface area contributed by atoms with Gasteiger partial charge in [0.2, 0.25) is 0 Å². The molecular weight excluding hydrogens is 510 g/mol.